The van der Waals surface area contributed by atoms with Crippen molar-refractivity contribution in [3.63, 3.8) is 0 Å². The Morgan fingerprint density at radius 1 is 1.17 bits per heavy atom. The summed E-state index contributed by atoms with van der Waals surface area (Å²) in [5.41, 5.74) is 0.498. The van der Waals surface area contributed by atoms with Crippen molar-refractivity contribution in [1.29, 1.82) is 0 Å². The molecule has 1 amide bonds. The summed E-state index contributed by atoms with van der Waals surface area (Å²) in [6.45, 7) is 0.647. The van der Waals surface area contributed by atoms with E-state index >= 15 is 0 Å². The average Bonchev–Trinajstić information content (AvgIpc) is 3.19. The Balaban J connectivity index is 1.57. The lowest BCUT2D eigenvalue weighted by atomic mass is 10.1. The van der Waals surface area contributed by atoms with E-state index in [0.717, 1.165) is 44.9 Å². The number of unbranched alkanes of at least 4 members (excludes halogenated alkanes) is 4. The van der Waals surface area contributed by atoms with Gasteiger partial charge in [0.2, 0.25) is 0 Å². The number of hydrogen-bond acceptors (Lipinski definition) is 3. The van der Waals surface area contributed by atoms with Crippen molar-refractivity contribution in [1.82, 2.24) is 15.1 Å². The standard InChI is InChI=1S/C17H27N3O3/c21-16(22)10-4-2-1-3-7-12-18-17(23)15-11-13-20(19-15)14-8-5-6-9-14/h11,13-14H,1-10,12H2,(H,18,23)(H,21,22). The van der Waals surface area contributed by atoms with Gasteiger partial charge in [0.05, 0.1) is 6.04 Å². The molecule has 2 N–H and O–H groups in total. The van der Waals surface area contributed by atoms with Crippen LogP contribution in [0.15, 0.2) is 12.3 Å². The van der Waals surface area contributed by atoms with E-state index < -0.39 is 5.97 Å². The third-order valence-corrected chi connectivity index (χ3v) is 4.39. The molecule has 1 fully saturated rings. The fourth-order valence-corrected chi connectivity index (χ4v) is 3.06. The minimum atomic E-state index is -0.727. The summed E-state index contributed by atoms with van der Waals surface area (Å²) >= 11 is 0. The quantitative estimate of drug-likeness (QED) is 0.648. The molecule has 128 valence electrons. The Kier molecular flexibility index (Phi) is 7.10. The first-order valence-electron chi connectivity index (χ1n) is 8.72. The number of aromatic nitrogens is 2. The monoisotopic (exact) mass is 321 g/mol. The largest absolute Gasteiger partial charge is 0.481 e. The van der Waals surface area contributed by atoms with Crippen LogP contribution in [0.2, 0.25) is 0 Å². The molecule has 0 spiro atoms. The number of carboxylic acids is 1. The predicted octanol–water partition coefficient (Wildman–Crippen LogP) is 3.15. The predicted molar refractivity (Wildman–Crippen MR) is 87.4 cm³/mol. The van der Waals surface area contributed by atoms with Gasteiger partial charge < -0.3 is 10.4 Å². The van der Waals surface area contributed by atoms with Crippen LogP contribution in [0.25, 0.3) is 0 Å². The summed E-state index contributed by atoms with van der Waals surface area (Å²) in [6, 6.07) is 2.25. The number of aliphatic carboxylic acids is 1. The first-order valence-corrected chi connectivity index (χ1v) is 8.72. The lowest BCUT2D eigenvalue weighted by molar-refractivity contribution is -0.137. The first-order chi connectivity index (χ1) is 11.2. The van der Waals surface area contributed by atoms with Gasteiger partial charge in [-0.2, -0.15) is 5.10 Å². The molecule has 23 heavy (non-hydrogen) atoms. The molecule has 0 unspecified atom stereocenters. The molecule has 1 heterocycles. The van der Waals surface area contributed by atoms with Crippen LogP contribution in [0.4, 0.5) is 0 Å². The van der Waals surface area contributed by atoms with E-state index in [4.69, 9.17) is 5.11 Å². The lowest BCUT2D eigenvalue weighted by Crippen LogP contribution is -2.25. The van der Waals surface area contributed by atoms with E-state index in [2.05, 4.69) is 10.4 Å². The molecule has 1 aliphatic rings. The van der Waals surface area contributed by atoms with Crippen LogP contribution in [-0.4, -0.2) is 33.3 Å². The highest BCUT2D eigenvalue weighted by Gasteiger charge is 2.18. The van der Waals surface area contributed by atoms with Crippen LogP contribution in [0.1, 0.15) is 80.7 Å². The maximum absolute atomic E-state index is 12.0. The van der Waals surface area contributed by atoms with Crippen LogP contribution in [-0.2, 0) is 4.79 Å². The van der Waals surface area contributed by atoms with Crippen LogP contribution in [0.5, 0.6) is 0 Å². The highest BCUT2D eigenvalue weighted by molar-refractivity contribution is 5.92. The molecule has 6 nitrogen and oxygen atoms in total. The average molecular weight is 321 g/mol. The molecule has 0 aromatic carbocycles. The smallest absolute Gasteiger partial charge is 0.303 e. The number of nitrogens with one attached hydrogen (secondary N) is 1. The van der Waals surface area contributed by atoms with Crippen LogP contribution < -0.4 is 5.32 Å². The molecule has 1 aromatic rings. The minimum absolute atomic E-state index is 0.104. The van der Waals surface area contributed by atoms with Gasteiger partial charge in [-0.05, 0) is 31.7 Å². The SMILES string of the molecule is O=C(O)CCCCCCCNC(=O)c1ccn(C2CCCC2)n1. The zero-order valence-corrected chi connectivity index (χ0v) is 13.7. The van der Waals surface area contributed by atoms with Gasteiger partial charge in [-0.15, -0.1) is 0 Å². The molecular weight excluding hydrogens is 294 g/mol. The maximum Gasteiger partial charge on any atom is 0.303 e. The number of carboxylic acid groups (broad SMARTS) is 1. The van der Waals surface area contributed by atoms with Gasteiger partial charge in [0.25, 0.3) is 5.91 Å². The zero-order chi connectivity index (χ0) is 16.5. The van der Waals surface area contributed by atoms with Crippen LogP contribution >= 0.6 is 0 Å². The van der Waals surface area contributed by atoms with E-state index in [1.807, 2.05) is 10.9 Å². The third-order valence-electron chi connectivity index (χ3n) is 4.39. The number of amides is 1. The molecule has 1 saturated carbocycles. The van der Waals surface area contributed by atoms with E-state index in [1.165, 1.54) is 12.8 Å². The lowest BCUT2D eigenvalue weighted by Gasteiger charge is -2.08. The van der Waals surface area contributed by atoms with Gasteiger partial charge in [-0.3, -0.25) is 14.3 Å². The number of rotatable bonds is 10. The molecule has 0 saturated heterocycles. The van der Waals surface area contributed by atoms with Gasteiger partial charge in [0, 0.05) is 19.2 Å². The molecule has 2 rings (SSSR count). The second kappa shape index (κ2) is 9.33. The van der Waals surface area contributed by atoms with Crippen molar-refractivity contribution < 1.29 is 14.7 Å². The molecule has 6 heteroatoms. The fraction of sp³-hybridized carbons (Fsp3) is 0.706. The van der Waals surface area contributed by atoms with Crippen molar-refractivity contribution in [2.75, 3.05) is 6.54 Å². The maximum atomic E-state index is 12.0. The molecule has 1 aliphatic carbocycles. The summed E-state index contributed by atoms with van der Waals surface area (Å²) < 4.78 is 1.93. The van der Waals surface area contributed by atoms with Crippen LogP contribution in [0.3, 0.4) is 0 Å². The van der Waals surface area contributed by atoms with Crippen molar-refractivity contribution in [3.8, 4) is 0 Å². The Hall–Kier alpha value is -1.85. The second-order valence-corrected chi connectivity index (χ2v) is 6.29. The van der Waals surface area contributed by atoms with Gasteiger partial charge in [0.1, 0.15) is 5.69 Å². The number of nitrogens with zero attached hydrogens (tertiary/aromatic N) is 2. The van der Waals surface area contributed by atoms with E-state index in [0.29, 0.717) is 18.3 Å². The molecular formula is C17H27N3O3. The van der Waals surface area contributed by atoms with Crippen molar-refractivity contribution >= 4 is 11.9 Å². The van der Waals surface area contributed by atoms with E-state index in [-0.39, 0.29) is 12.3 Å². The number of carbonyl (C=O) groups is 2. The highest BCUT2D eigenvalue weighted by Crippen LogP contribution is 2.28. The molecule has 0 atom stereocenters. The van der Waals surface area contributed by atoms with Gasteiger partial charge >= 0.3 is 5.97 Å². The third kappa shape index (κ3) is 6.04. The van der Waals surface area contributed by atoms with E-state index in [1.54, 1.807) is 6.07 Å². The van der Waals surface area contributed by atoms with Gasteiger partial charge in [-0.1, -0.05) is 32.1 Å². The summed E-state index contributed by atoms with van der Waals surface area (Å²) in [5, 5.41) is 15.8. The van der Waals surface area contributed by atoms with Gasteiger partial charge in [0.15, 0.2) is 0 Å². The Labute approximate surface area is 137 Å². The van der Waals surface area contributed by atoms with Gasteiger partial charge in [-0.25, -0.2) is 0 Å². The van der Waals surface area contributed by atoms with E-state index in [9.17, 15) is 9.59 Å². The molecule has 0 radical (unpaired) electrons. The fourth-order valence-electron chi connectivity index (χ4n) is 3.06. The second-order valence-electron chi connectivity index (χ2n) is 6.29. The number of carbonyl (C=O) groups excluding carboxylic acids is 1. The summed E-state index contributed by atoms with van der Waals surface area (Å²) in [4.78, 5) is 22.4. The summed E-state index contributed by atoms with van der Waals surface area (Å²) in [6.07, 6.45) is 11.6. The van der Waals surface area contributed by atoms with Crippen molar-refractivity contribution in [2.24, 2.45) is 0 Å². The van der Waals surface area contributed by atoms with Crippen molar-refractivity contribution in [2.45, 2.75) is 70.3 Å². The first kappa shape index (κ1) is 17.5. The number of hydrogen-bond donors (Lipinski definition) is 2. The zero-order valence-electron chi connectivity index (χ0n) is 13.7. The molecule has 0 aliphatic heterocycles. The summed E-state index contributed by atoms with van der Waals surface area (Å²) in [5.74, 6) is -0.832. The normalized spacial score (nSPS) is 15.0. The Bertz CT molecular complexity index is 507. The van der Waals surface area contributed by atoms with Crippen molar-refractivity contribution in [3.05, 3.63) is 18.0 Å². The topological polar surface area (TPSA) is 84.2 Å². The molecule has 0 bridgehead atoms. The highest BCUT2D eigenvalue weighted by atomic mass is 16.4. The van der Waals surface area contributed by atoms with Crippen LogP contribution in [0, 0.1) is 0 Å². The molecule has 1 aromatic heterocycles. The Morgan fingerprint density at radius 3 is 2.61 bits per heavy atom. The Morgan fingerprint density at radius 2 is 1.87 bits per heavy atom. The summed E-state index contributed by atoms with van der Waals surface area (Å²) in [7, 11) is 0. The minimum Gasteiger partial charge on any atom is -0.481 e.